The molecule has 3 aromatic rings. The van der Waals surface area contributed by atoms with Crippen molar-refractivity contribution in [3.05, 3.63) is 47.5 Å². The van der Waals surface area contributed by atoms with E-state index in [0.29, 0.717) is 17.8 Å². The van der Waals surface area contributed by atoms with Crippen LogP contribution in [-0.2, 0) is 6.42 Å². The van der Waals surface area contributed by atoms with Crippen LogP contribution >= 0.6 is 0 Å². The number of hydrogen-bond acceptors (Lipinski definition) is 5. The van der Waals surface area contributed by atoms with Gasteiger partial charge in [-0.2, -0.15) is 0 Å². The van der Waals surface area contributed by atoms with Gasteiger partial charge in [0.05, 0.1) is 11.3 Å². The fourth-order valence-electron chi connectivity index (χ4n) is 2.58. The van der Waals surface area contributed by atoms with Crippen LogP contribution in [0.5, 0.6) is 11.5 Å². The Hall–Kier alpha value is -3.02. The van der Waals surface area contributed by atoms with Gasteiger partial charge in [-0.3, -0.25) is 4.57 Å². The summed E-state index contributed by atoms with van der Waals surface area (Å²) in [6.45, 7) is 7.91. The molecule has 0 atom stereocenters. The quantitative estimate of drug-likeness (QED) is 0.673. The van der Waals surface area contributed by atoms with Crippen molar-refractivity contribution < 1.29 is 10.2 Å². The van der Waals surface area contributed by atoms with Crippen LogP contribution in [0.4, 0.5) is 5.95 Å². The number of anilines is 1. The Morgan fingerprint density at radius 1 is 1.04 bits per heavy atom. The van der Waals surface area contributed by atoms with Crippen molar-refractivity contribution in [1.82, 2.24) is 14.8 Å². The van der Waals surface area contributed by atoms with E-state index in [0.717, 1.165) is 16.8 Å². The van der Waals surface area contributed by atoms with Gasteiger partial charge in [-0.25, -0.2) is 0 Å². The molecule has 0 aliphatic rings. The molecule has 6 nitrogen and oxygen atoms in total. The zero-order valence-corrected chi connectivity index (χ0v) is 15.0. The molecule has 0 spiro atoms. The Balaban J connectivity index is 0.00000109. The van der Waals surface area contributed by atoms with Crippen LogP contribution in [0.25, 0.3) is 17.1 Å². The second-order valence-electron chi connectivity index (χ2n) is 5.41. The molecule has 3 rings (SSSR count). The topological polar surface area (TPSA) is 97.2 Å². The van der Waals surface area contributed by atoms with Crippen molar-refractivity contribution in [3.63, 3.8) is 0 Å². The van der Waals surface area contributed by atoms with Crippen LogP contribution in [0.2, 0.25) is 0 Å². The number of nitrogens with two attached hydrogens (primary N) is 1. The molecule has 0 amide bonds. The van der Waals surface area contributed by atoms with E-state index in [9.17, 15) is 10.2 Å². The van der Waals surface area contributed by atoms with Gasteiger partial charge in [0.2, 0.25) is 5.95 Å². The Kier molecular flexibility index (Phi) is 5.64. The number of benzene rings is 2. The van der Waals surface area contributed by atoms with E-state index in [1.54, 1.807) is 10.6 Å². The minimum atomic E-state index is -0.0685. The molecule has 0 fully saturated rings. The summed E-state index contributed by atoms with van der Waals surface area (Å²) in [5.74, 6) is 0.653. The Bertz CT molecular complexity index is 872. The minimum absolute atomic E-state index is 0.0587. The summed E-state index contributed by atoms with van der Waals surface area (Å²) in [7, 11) is 0. The molecule has 4 N–H and O–H groups in total. The van der Waals surface area contributed by atoms with Gasteiger partial charge in [0.25, 0.3) is 0 Å². The molecule has 132 valence electrons. The molecule has 0 saturated heterocycles. The van der Waals surface area contributed by atoms with Gasteiger partial charge in [0, 0.05) is 6.07 Å². The largest absolute Gasteiger partial charge is 0.508 e. The van der Waals surface area contributed by atoms with E-state index in [1.165, 1.54) is 6.07 Å². The zero-order valence-electron chi connectivity index (χ0n) is 15.0. The lowest BCUT2D eigenvalue weighted by Crippen LogP contribution is -2.03. The average Bonchev–Trinajstić information content (AvgIpc) is 2.98. The average molecular weight is 340 g/mol. The summed E-state index contributed by atoms with van der Waals surface area (Å²) in [4.78, 5) is 0. The highest BCUT2D eigenvalue weighted by Gasteiger charge is 2.18. The van der Waals surface area contributed by atoms with E-state index in [2.05, 4.69) is 10.2 Å². The number of rotatable bonds is 3. The van der Waals surface area contributed by atoms with Gasteiger partial charge in [-0.05, 0) is 42.7 Å². The Morgan fingerprint density at radius 3 is 2.40 bits per heavy atom. The van der Waals surface area contributed by atoms with E-state index >= 15 is 0 Å². The van der Waals surface area contributed by atoms with Gasteiger partial charge in [-0.1, -0.05) is 32.9 Å². The summed E-state index contributed by atoms with van der Waals surface area (Å²) < 4.78 is 1.68. The van der Waals surface area contributed by atoms with Crippen molar-refractivity contribution in [2.24, 2.45) is 0 Å². The second kappa shape index (κ2) is 7.70. The van der Waals surface area contributed by atoms with E-state index in [1.807, 2.05) is 52.0 Å². The molecule has 1 aromatic heterocycles. The van der Waals surface area contributed by atoms with Gasteiger partial charge in [0.15, 0.2) is 5.82 Å². The zero-order chi connectivity index (χ0) is 18.6. The predicted molar refractivity (Wildman–Crippen MR) is 100 cm³/mol. The SMILES string of the molecule is CC.CCc1cc(-c2nnc(N)n2-c2cccc(C)c2)c(O)cc1O. The number of phenolic OH excluding ortho intramolecular Hbond substituents is 2. The van der Waals surface area contributed by atoms with Gasteiger partial charge in [0.1, 0.15) is 11.5 Å². The van der Waals surface area contributed by atoms with E-state index in [-0.39, 0.29) is 17.4 Å². The normalized spacial score (nSPS) is 10.2. The van der Waals surface area contributed by atoms with Gasteiger partial charge in [-0.15, -0.1) is 10.2 Å². The van der Waals surface area contributed by atoms with Gasteiger partial charge < -0.3 is 15.9 Å². The molecule has 0 aliphatic carbocycles. The fourth-order valence-corrected chi connectivity index (χ4v) is 2.58. The molecule has 1 heterocycles. The van der Waals surface area contributed by atoms with Crippen LogP contribution < -0.4 is 5.73 Å². The number of aryl methyl sites for hydroxylation is 2. The lowest BCUT2D eigenvalue weighted by atomic mass is 10.1. The number of nitrogens with zero attached hydrogens (tertiary/aromatic N) is 3. The molecule has 0 bridgehead atoms. The molecule has 0 unspecified atom stereocenters. The van der Waals surface area contributed by atoms with Crippen LogP contribution in [-0.4, -0.2) is 25.0 Å². The van der Waals surface area contributed by atoms with Crippen LogP contribution in [0.15, 0.2) is 36.4 Å². The Morgan fingerprint density at radius 2 is 1.76 bits per heavy atom. The smallest absolute Gasteiger partial charge is 0.226 e. The number of nitrogen functional groups attached to an aromatic ring is 1. The predicted octanol–water partition coefficient (Wildman–Crippen LogP) is 3.82. The molecular formula is C19H24N4O2. The third-order valence-electron chi connectivity index (χ3n) is 3.77. The van der Waals surface area contributed by atoms with E-state index in [4.69, 9.17) is 5.73 Å². The summed E-state index contributed by atoms with van der Waals surface area (Å²) in [5, 5.41) is 28.1. The monoisotopic (exact) mass is 340 g/mol. The van der Waals surface area contributed by atoms with Crippen molar-refractivity contribution >= 4 is 5.95 Å². The van der Waals surface area contributed by atoms with Crippen molar-refractivity contribution in [2.45, 2.75) is 34.1 Å². The fraction of sp³-hybridized carbons (Fsp3) is 0.263. The summed E-state index contributed by atoms with van der Waals surface area (Å²) in [5.41, 5.74) is 9.05. The van der Waals surface area contributed by atoms with Crippen molar-refractivity contribution in [2.75, 3.05) is 5.73 Å². The highest BCUT2D eigenvalue weighted by molar-refractivity contribution is 5.70. The van der Waals surface area contributed by atoms with Crippen molar-refractivity contribution in [3.8, 4) is 28.6 Å². The lowest BCUT2D eigenvalue weighted by molar-refractivity contribution is 0.447. The first-order valence-electron chi connectivity index (χ1n) is 8.34. The first-order chi connectivity index (χ1) is 12.0. The van der Waals surface area contributed by atoms with Crippen molar-refractivity contribution in [1.29, 1.82) is 0 Å². The summed E-state index contributed by atoms with van der Waals surface area (Å²) in [6.07, 6.45) is 0.632. The standard InChI is InChI=1S/C17H18N4O2.C2H6/c1-3-11-8-13(15(23)9-14(11)22)16-19-20-17(18)21(16)12-6-4-5-10(2)7-12;1-2/h4-9,22-23H,3H2,1-2H3,(H2,18,20);1-2H3. The summed E-state index contributed by atoms with van der Waals surface area (Å²) in [6, 6.07) is 10.8. The highest BCUT2D eigenvalue weighted by atomic mass is 16.3. The van der Waals surface area contributed by atoms with Crippen LogP contribution in [0, 0.1) is 6.92 Å². The maximum atomic E-state index is 10.2. The number of hydrogen-bond donors (Lipinski definition) is 3. The maximum Gasteiger partial charge on any atom is 0.226 e. The highest BCUT2D eigenvalue weighted by Crippen LogP contribution is 2.36. The maximum absolute atomic E-state index is 10.2. The van der Waals surface area contributed by atoms with Gasteiger partial charge >= 0.3 is 0 Å². The lowest BCUT2D eigenvalue weighted by Gasteiger charge is -2.12. The second-order valence-corrected chi connectivity index (χ2v) is 5.41. The number of aromatic hydroxyl groups is 2. The number of phenols is 2. The first-order valence-corrected chi connectivity index (χ1v) is 8.34. The number of aromatic nitrogens is 3. The van der Waals surface area contributed by atoms with Crippen LogP contribution in [0.1, 0.15) is 31.9 Å². The molecule has 0 aliphatic heterocycles. The minimum Gasteiger partial charge on any atom is -0.508 e. The Labute approximate surface area is 147 Å². The molecule has 6 heteroatoms. The van der Waals surface area contributed by atoms with Crippen LogP contribution in [0.3, 0.4) is 0 Å². The third-order valence-corrected chi connectivity index (χ3v) is 3.77. The van der Waals surface area contributed by atoms with E-state index < -0.39 is 0 Å². The molecule has 2 aromatic carbocycles. The molecular weight excluding hydrogens is 316 g/mol. The first kappa shape index (κ1) is 18.3. The molecule has 0 saturated carbocycles. The molecule has 0 radical (unpaired) electrons. The summed E-state index contributed by atoms with van der Waals surface area (Å²) >= 11 is 0. The molecule has 25 heavy (non-hydrogen) atoms. The third kappa shape index (κ3) is 3.57.